The number of aromatic nitrogens is 3. The van der Waals surface area contributed by atoms with Crippen LogP contribution in [-0.2, 0) is 0 Å². The van der Waals surface area contributed by atoms with E-state index in [0.717, 1.165) is 10.9 Å². The quantitative estimate of drug-likeness (QED) is 0.619. The molecule has 0 aliphatic carbocycles. The van der Waals surface area contributed by atoms with E-state index in [9.17, 15) is 0 Å². The molecular formula is C6H7ClN4. The fourth-order valence-electron chi connectivity index (χ4n) is 0.877. The maximum absolute atomic E-state index is 5.49. The van der Waals surface area contributed by atoms with Crippen molar-refractivity contribution in [2.45, 2.75) is 0 Å². The summed E-state index contributed by atoms with van der Waals surface area (Å²) in [4.78, 5) is 3.91. The Morgan fingerprint density at radius 2 is 2.27 bits per heavy atom. The minimum Gasteiger partial charge on any atom is -0.382 e. The monoisotopic (exact) mass is 170 g/mol. The summed E-state index contributed by atoms with van der Waals surface area (Å²) in [5.41, 5.74) is 6.42. The van der Waals surface area contributed by atoms with Gasteiger partial charge >= 0.3 is 0 Å². The second-order valence-electron chi connectivity index (χ2n) is 2.03. The number of nitrogen functional groups attached to an aromatic ring is 1. The molecule has 0 aliphatic rings. The van der Waals surface area contributed by atoms with Gasteiger partial charge in [0.2, 0.25) is 0 Å². The number of hydrogen-bond acceptors (Lipinski definition) is 3. The Morgan fingerprint density at radius 3 is 3.00 bits per heavy atom. The summed E-state index contributed by atoms with van der Waals surface area (Å²) in [5, 5.41) is 7.46. The van der Waals surface area contributed by atoms with Crippen LogP contribution in [0.1, 0.15) is 0 Å². The summed E-state index contributed by atoms with van der Waals surface area (Å²) in [7, 11) is 0. The molecule has 0 saturated carbocycles. The Balaban J connectivity index is 0.000000605. The van der Waals surface area contributed by atoms with Crippen molar-refractivity contribution < 1.29 is 0 Å². The van der Waals surface area contributed by atoms with Gasteiger partial charge in [0.1, 0.15) is 0 Å². The predicted molar refractivity (Wildman–Crippen MR) is 45.5 cm³/mol. The fourth-order valence-corrected chi connectivity index (χ4v) is 0.877. The molecule has 58 valence electrons. The van der Waals surface area contributed by atoms with E-state index >= 15 is 0 Å². The van der Waals surface area contributed by atoms with Crippen molar-refractivity contribution >= 4 is 29.1 Å². The third-order valence-electron chi connectivity index (χ3n) is 1.39. The largest absolute Gasteiger partial charge is 0.382 e. The van der Waals surface area contributed by atoms with Gasteiger partial charge in [-0.1, -0.05) is 0 Å². The van der Waals surface area contributed by atoms with Gasteiger partial charge < -0.3 is 5.73 Å². The molecular weight excluding hydrogens is 164 g/mol. The van der Waals surface area contributed by atoms with Crippen molar-refractivity contribution in [1.29, 1.82) is 0 Å². The molecule has 0 amide bonds. The first-order valence-corrected chi connectivity index (χ1v) is 2.91. The number of halogens is 1. The number of H-pyrrole nitrogens is 1. The molecule has 4 nitrogen and oxygen atoms in total. The van der Waals surface area contributed by atoms with Crippen molar-refractivity contribution in [3.63, 3.8) is 0 Å². The van der Waals surface area contributed by atoms with Crippen molar-refractivity contribution in [3.05, 3.63) is 18.5 Å². The number of aromatic amines is 1. The molecule has 2 heterocycles. The first kappa shape index (κ1) is 7.81. The van der Waals surface area contributed by atoms with Gasteiger partial charge in [-0.15, -0.1) is 12.4 Å². The third-order valence-corrected chi connectivity index (χ3v) is 1.39. The Labute approximate surface area is 69.2 Å². The van der Waals surface area contributed by atoms with E-state index in [2.05, 4.69) is 15.2 Å². The maximum atomic E-state index is 5.49. The van der Waals surface area contributed by atoms with E-state index in [4.69, 9.17) is 5.73 Å². The van der Waals surface area contributed by atoms with Gasteiger partial charge in [-0.2, -0.15) is 5.10 Å². The van der Waals surface area contributed by atoms with Crippen LogP contribution < -0.4 is 5.73 Å². The summed E-state index contributed by atoms with van der Waals surface area (Å²) < 4.78 is 0. The first-order chi connectivity index (χ1) is 4.88. The van der Waals surface area contributed by atoms with Crippen LogP contribution in [0.2, 0.25) is 0 Å². The summed E-state index contributed by atoms with van der Waals surface area (Å²) in [6.07, 6.45) is 3.38. The van der Waals surface area contributed by atoms with Crippen LogP contribution in [0.15, 0.2) is 18.5 Å². The number of anilines is 1. The smallest absolute Gasteiger partial charge is 0.154 e. The average Bonchev–Trinajstić information content (AvgIpc) is 2.34. The van der Waals surface area contributed by atoms with E-state index in [1.165, 1.54) is 0 Å². The van der Waals surface area contributed by atoms with Crippen LogP contribution in [0.25, 0.3) is 10.9 Å². The second-order valence-corrected chi connectivity index (χ2v) is 2.03. The maximum Gasteiger partial charge on any atom is 0.154 e. The molecule has 0 saturated heterocycles. The zero-order valence-electron chi connectivity index (χ0n) is 5.61. The Kier molecular flexibility index (Phi) is 1.96. The number of nitrogens with two attached hydrogens (primary N) is 1. The van der Waals surface area contributed by atoms with Crippen molar-refractivity contribution in [2.75, 3.05) is 5.73 Å². The highest BCUT2D eigenvalue weighted by atomic mass is 35.5. The zero-order chi connectivity index (χ0) is 6.97. The standard InChI is InChI=1S/C6H6N4.ClH/c7-6-4-3-8-2-1-5(4)9-10-6;/h1-3H,(H3,7,9,10);1H. The molecule has 5 heteroatoms. The van der Waals surface area contributed by atoms with Gasteiger partial charge in [-0.3, -0.25) is 10.1 Å². The van der Waals surface area contributed by atoms with Crippen molar-refractivity contribution in [1.82, 2.24) is 15.2 Å². The molecule has 2 aromatic rings. The Bertz CT molecular complexity index is 356. The average molecular weight is 171 g/mol. The first-order valence-electron chi connectivity index (χ1n) is 2.91. The molecule has 2 rings (SSSR count). The molecule has 0 fully saturated rings. The number of pyridine rings is 1. The number of nitrogens with one attached hydrogen (secondary N) is 1. The molecule has 0 unspecified atom stereocenters. The van der Waals surface area contributed by atoms with Crippen LogP contribution in [-0.4, -0.2) is 15.2 Å². The highest BCUT2D eigenvalue weighted by Crippen LogP contribution is 2.13. The summed E-state index contributed by atoms with van der Waals surface area (Å²) in [5.74, 6) is 0.503. The molecule has 0 radical (unpaired) electrons. The molecule has 0 aliphatic heterocycles. The van der Waals surface area contributed by atoms with Gasteiger partial charge in [-0.25, -0.2) is 0 Å². The number of nitrogens with zero attached hydrogens (tertiary/aromatic N) is 2. The highest BCUT2D eigenvalue weighted by molar-refractivity contribution is 5.87. The van der Waals surface area contributed by atoms with Crippen molar-refractivity contribution in [3.8, 4) is 0 Å². The van der Waals surface area contributed by atoms with Crippen LogP contribution in [0.3, 0.4) is 0 Å². The number of hydrogen-bond donors (Lipinski definition) is 2. The highest BCUT2D eigenvalue weighted by Gasteiger charge is 1.98. The lowest BCUT2D eigenvalue weighted by Crippen LogP contribution is -1.83. The van der Waals surface area contributed by atoms with Gasteiger partial charge in [0.15, 0.2) is 5.82 Å². The minimum atomic E-state index is 0. The van der Waals surface area contributed by atoms with Crippen LogP contribution in [0.5, 0.6) is 0 Å². The summed E-state index contributed by atoms with van der Waals surface area (Å²) in [6, 6.07) is 1.83. The minimum absolute atomic E-state index is 0. The van der Waals surface area contributed by atoms with E-state index in [0.29, 0.717) is 5.82 Å². The molecule has 0 aromatic carbocycles. The topological polar surface area (TPSA) is 67.6 Å². The summed E-state index contributed by atoms with van der Waals surface area (Å²) >= 11 is 0. The third kappa shape index (κ3) is 1.12. The lowest BCUT2D eigenvalue weighted by molar-refractivity contribution is 1.13. The van der Waals surface area contributed by atoms with E-state index in [-0.39, 0.29) is 12.4 Å². The zero-order valence-corrected chi connectivity index (χ0v) is 6.43. The van der Waals surface area contributed by atoms with Gasteiger partial charge in [0.05, 0.1) is 10.9 Å². The number of rotatable bonds is 0. The fraction of sp³-hybridized carbons (Fsp3) is 0. The Hall–Kier alpha value is -1.29. The molecule has 11 heavy (non-hydrogen) atoms. The predicted octanol–water partition coefficient (Wildman–Crippen LogP) is 0.962. The molecule has 0 spiro atoms. The van der Waals surface area contributed by atoms with Gasteiger partial charge in [-0.05, 0) is 6.07 Å². The van der Waals surface area contributed by atoms with Crippen LogP contribution >= 0.6 is 12.4 Å². The van der Waals surface area contributed by atoms with Gasteiger partial charge in [0, 0.05) is 12.4 Å². The second kappa shape index (κ2) is 2.75. The lowest BCUT2D eigenvalue weighted by atomic mass is 10.3. The lowest BCUT2D eigenvalue weighted by Gasteiger charge is -1.84. The van der Waals surface area contributed by atoms with E-state index in [1.807, 2.05) is 6.07 Å². The molecule has 3 N–H and O–H groups in total. The van der Waals surface area contributed by atoms with Crippen LogP contribution in [0, 0.1) is 0 Å². The molecule has 0 bridgehead atoms. The van der Waals surface area contributed by atoms with E-state index in [1.54, 1.807) is 12.4 Å². The van der Waals surface area contributed by atoms with Gasteiger partial charge in [0.25, 0.3) is 0 Å². The molecule has 0 atom stereocenters. The van der Waals surface area contributed by atoms with E-state index < -0.39 is 0 Å². The SMILES string of the molecule is Cl.Nc1n[nH]c2ccncc12. The van der Waals surface area contributed by atoms with Crippen molar-refractivity contribution in [2.24, 2.45) is 0 Å². The normalized spacial score (nSPS) is 9.45. The number of fused-ring (bicyclic) bond motifs is 1. The summed E-state index contributed by atoms with van der Waals surface area (Å²) in [6.45, 7) is 0. The Morgan fingerprint density at radius 1 is 1.45 bits per heavy atom. The molecule has 2 aromatic heterocycles. The van der Waals surface area contributed by atoms with Crippen LogP contribution in [0.4, 0.5) is 5.82 Å².